The Kier molecular flexibility index (Phi) is 5.33. The quantitative estimate of drug-likeness (QED) is 0.548. The Labute approximate surface area is 146 Å². The average molecular weight is 346 g/mol. The van der Waals surface area contributed by atoms with Crippen LogP contribution in [0.4, 0.5) is 0 Å². The second-order valence-electron chi connectivity index (χ2n) is 6.31. The summed E-state index contributed by atoms with van der Waals surface area (Å²) in [7, 11) is 1.56. The molecule has 134 valence electrons. The molecule has 25 heavy (non-hydrogen) atoms. The van der Waals surface area contributed by atoms with Gasteiger partial charge in [0.1, 0.15) is 12.3 Å². The number of carbonyl (C=O) groups excluding carboxylic acids is 3. The van der Waals surface area contributed by atoms with Crippen molar-refractivity contribution in [3.63, 3.8) is 0 Å². The fourth-order valence-corrected chi connectivity index (χ4v) is 3.34. The predicted molar refractivity (Wildman–Crippen MR) is 88.1 cm³/mol. The van der Waals surface area contributed by atoms with Crippen molar-refractivity contribution in [3.05, 3.63) is 36.3 Å². The minimum absolute atomic E-state index is 0.227. The number of hydrogen-bond acceptors (Lipinski definition) is 5. The molecule has 0 saturated carbocycles. The molecule has 1 aliphatic heterocycles. The Bertz CT molecular complexity index is 641. The first kappa shape index (κ1) is 17.4. The van der Waals surface area contributed by atoms with Crippen LogP contribution >= 0.6 is 0 Å². The Hall–Kier alpha value is -2.41. The number of likely N-dealkylation sites (tertiary alicyclic amines) is 1. The number of nitrogens with zero attached hydrogens (tertiary/aromatic N) is 2. The van der Waals surface area contributed by atoms with Crippen molar-refractivity contribution >= 4 is 17.7 Å². The maximum atomic E-state index is 12.7. The first-order chi connectivity index (χ1) is 12.1. The maximum Gasteiger partial charge on any atom is 0.243 e. The molecule has 1 fully saturated rings. The number of allylic oxidation sites excluding steroid dienone is 2. The zero-order valence-electron chi connectivity index (χ0n) is 14.2. The molecule has 7 heteroatoms. The second-order valence-corrected chi connectivity index (χ2v) is 6.31. The van der Waals surface area contributed by atoms with E-state index >= 15 is 0 Å². The van der Waals surface area contributed by atoms with E-state index in [0.29, 0.717) is 31.8 Å². The molecule has 2 heterocycles. The molecule has 1 aromatic rings. The monoisotopic (exact) mass is 346 g/mol. The highest BCUT2D eigenvalue weighted by Gasteiger charge is 2.47. The van der Waals surface area contributed by atoms with E-state index in [1.54, 1.807) is 30.4 Å². The number of imide groups is 1. The zero-order valence-corrected chi connectivity index (χ0v) is 14.2. The van der Waals surface area contributed by atoms with Crippen LogP contribution in [0.1, 0.15) is 18.6 Å². The Balaban J connectivity index is 1.67. The minimum Gasteiger partial charge on any atom is -0.467 e. The summed E-state index contributed by atoms with van der Waals surface area (Å²) in [5.74, 6) is -0.761. The molecule has 3 rings (SSSR count). The van der Waals surface area contributed by atoms with Gasteiger partial charge in [0.05, 0.1) is 31.3 Å². The first-order valence-electron chi connectivity index (χ1n) is 8.41. The molecule has 0 bridgehead atoms. The molecule has 2 aliphatic rings. The molecule has 0 unspecified atom stereocenters. The van der Waals surface area contributed by atoms with Gasteiger partial charge in [0, 0.05) is 13.7 Å². The van der Waals surface area contributed by atoms with E-state index in [1.807, 2.05) is 12.2 Å². The zero-order chi connectivity index (χ0) is 17.8. The van der Waals surface area contributed by atoms with E-state index in [1.165, 1.54) is 0 Å². The highest BCUT2D eigenvalue weighted by Crippen LogP contribution is 2.34. The van der Waals surface area contributed by atoms with E-state index in [0.717, 1.165) is 4.90 Å². The van der Waals surface area contributed by atoms with Gasteiger partial charge in [-0.05, 0) is 25.0 Å². The van der Waals surface area contributed by atoms with Crippen LogP contribution in [-0.2, 0) is 25.7 Å². The predicted octanol–water partition coefficient (Wildman–Crippen LogP) is 1.21. The molecule has 0 aromatic carbocycles. The molecular formula is C18H22N2O5. The van der Waals surface area contributed by atoms with Gasteiger partial charge in [0.25, 0.3) is 0 Å². The summed E-state index contributed by atoms with van der Waals surface area (Å²) in [4.78, 5) is 40.4. The number of rotatable bonds is 7. The van der Waals surface area contributed by atoms with E-state index in [-0.39, 0.29) is 42.6 Å². The standard InChI is InChI=1S/C18H22N2O5/c1-24-10-8-19(11-13-5-4-9-25-13)16(21)12-20-17(22)14-6-2-3-7-15(14)18(20)23/h2-5,9,14-15H,6-8,10-12H2,1H3/t14-,15-/m1/s1. The van der Waals surface area contributed by atoms with Crippen LogP contribution in [0.3, 0.4) is 0 Å². The molecule has 2 atom stereocenters. The molecule has 3 amide bonds. The molecule has 1 aliphatic carbocycles. The van der Waals surface area contributed by atoms with Crippen LogP contribution in [0, 0.1) is 11.8 Å². The van der Waals surface area contributed by atoms with E-state index in [9.17, 15) is 14.4 Å². The normalized spacial score (nSPS) is 22.4. The topological polar surface area (TPSA) is 80.1 Å². The van der Waals surface area contributed by atoms with Crippen molar-refractivity contribution in [2.75, 3.05) is 26.8 Å². The summed E-state index contributed by atoms with van der Waals surface area (Å²) in [6.45, 7) is 0.777. The van der Waals surface area contributed by atoms with Crippen molar-refractivity contribution < 1.29 is 23.5 Å². The van der Waals surface area contributed by atoms with Crippen LogP contribution in [0.2, 0.25) is 0 Å². The van der Waals surface area contributed by atoms with E-state index in [4.69, 9.17) is 9.15 Å². The van der Waals surface area contributed by atoms with Gasteiger partial charge in [0.2, 0.25) is 17.7 Å². The summed E-state index contributed by atoms with van der Waals surface area (Å²) in [5, 5.41) is 0. The summed E-state index contributed by atoms with van der Waals surface area (Å²) >= 11 is 0. The van der Waals surface area contributed by atoms with Gasteiger partial charge in [-0.25, -0.2) is 0 Å². The van der Waals surface area contributed by atoms with Crippen molar-refractivity contribution in [1.29, 1.82) is 0 Å². The molecule has 0 radical (unpaired) electrons. The van der Waals surface area contributed by atoms with Crippen molar-refractivity contribution in [2.24, 2.45) is 11.8 Å². The second kappa shape index (κ2) is 7.65. The fraction of sp³-hybridized carbons (Fsp3) is 0.500. The Morgan fingerprint density at radius 1 is 1.28 bits per heavy atom. The van der Waals surface area contributed by atoms with Gasteiger partial charge in [-0.2, -0.15) is 0 Å². The number of methoxy groups -OCH3 is 1. The SMILES string of the molecule is COCCN(Cc1ccco1)C(=O)CN1C(=O)[C@@H]2CC=CC[C@H]2C1=O. The number of furan rings is 1. The van der Waals surface area contributed by atoms with Gasteiger partial charge in [-0.1, -0.05) is 12.2 Å². The number of carbonyl (C=O) groups is 3. The molecule has 1 aromatic heterocycles. The number of amides is 3. The lowest BCUT2D eigenvalue weighted by Gasteiger charge is -2.24. The maximum absolute atomic E-state index is 12.7. The van der Waals surface area contributed by atoms with Gasteiger partial charge in [0.15, 0.2) is 0 Å². The van der Waals surface area contributed by atoms with Crippen LogP contribution in [0.25, 0.3) is 0 Å². The van der Waals surface area contributed by atoms with Gasteiger partial charge >= 0.3 is 0 Å². The lowest BCUT2D eigenvalue weighted by atomic mass is 9.85. The number of hydrogen-bond donors (Lipinski definition) is 0. The molecular weight excluding hydrogens is 324 g/mol. The minimum atomic E-state index is -0.317. The van der Waals surface area contributed by atoms with Gasteiger partial charge < -0.3 is 14.1 Å². The fourth-order valence-electron chi connectivity index (χ4n) is 3.34. The number of ether oxygens (including phenoxy) is 1. The lowest BCUT2D eigenvalue weighted by Crippen LogP contribution is -2.44. The first-order valence-corrected chi connectivity index (χ1v) is 8.41. The molecule has 0 N–H and O–H groups in total. The van der Waals surface area contributed by atoms with Crippen LogP contribution in [0.15, 0.2) is 35.0 Å². The van der Waals surface area contributed by atoms with Crippen molar-refractivity contribution in [1.82, 2.24) is 9.80 Å². The number of fused-ring (bicyclic) bond motifs is 1. The largest absolute Gasteiger partial charge is 0.467 e. The molecule has 7 nitrogen and oxygen atoms in total. The van der Waals surface area contributed by atoms with Crippen molar-refractivity contribution in [2.45, 2.75) is 19.4 Å². The van der Waals surface area contributed by atoms with Gasteiger partial charge in [-0.3, -0.25) is 19.3 Å². The third-order valence-corrected chi connectivity index (χ3v) is 4.74. The van der Waals surface area contributed by atoms with E-state index in [2.05, 4.69) is 0 Å². The lowest BCUT2D eigenvalue weighted by molar-refractivity contribution is -0.147. The van der Waals surface area contributed by atoms with Crippen LogP contribution in [0.5, 0.6) is 0 Å². The molecule has 1 saturated heterocycles. The van der Waals surface area contributed by atoms with Crippen LogP contribution in [-0.4, -0.2) is 54.3 Å². The molecule has 0 spiro atoms. The highest BCUT2D eigenvalue weighted by molar-refractivity contribution is 6.07. The summed E-state index contributed by atoms with van der Waals surface area (Å²) in [6, 6.07) is 3.53. The smallest absolute Gasteiger partial charge is 0.243 e. The highest BCUT2D eigenvalue weighted by atomic mass is 16.5. The van der Waals surface area contributed by atoms with Gasteiger partial charge in [-0.15, -0.1) is 0 Å². The van der Waals surface area contributed by atoms with Crippen LogP contribution < -0.4 is 0 Å². The Morgan fingerprint density at radius 2 is 1.96 bits per heavy atom. The average Bonchev–Trinajstić information content (AvgIpc) is 3.22. The summed E-state index contributed by atoms with van der Waals surface area (Å²) < 4.78 is 10.3. The summed E-state index contributed by atoms with van der Waals surface area (Å²) in [5.41, 5.74) is 0. The summed E-state index contributed by atoms with van der Waals surface area (Å²) in [6.07, 6.45) is 6.54. The third kappa shape index (κ3) is 3.66. The Morgan fingerprint density at radius 3 is 2.52 bits per heavy atom. The van der Waals surface area contributed by atoms with Crippen molar-refractivity contribution in [3.8, 4) is 0 Å². The third-order valence-electron chi connectivity index (χ3n) is 4.74. The van der Waals surface area contributed by atoms with E-state index < -0.39 is 0 Å².